The normalized spacial score (nSPS) is 10.2. The van der Waals surface area contributed by atoms with Gasteiger partial charge in [-0.1, -0.05) is 0 Å². The van der Waals surface area contributed by atoms with Gasteiger partial charge in [0.2, 0.25) is 5.78 Å². The van der Waals surface area contributed by atoms with Crippen LogP contribution >= 0.6 is 27.3 Å². The molecule has 0 N–H and O–H groups in total. The molecule has 0 aliphatic carbocycles. The first-order valence-electron chi connectivity index (χ1n) is 5.17. The molecule has 18 heavy (non-hydrogen) atoms. The Kier molecular flexibility index (Phi) is 4.04. The molecule has 1 heterocycles. The second-order valence-electron chi connectivity index (χ2n) is 3.50. The highest BCUT2D eigenvalue weighted by Gasteiger charge is 2.16. The van der Waals surface area contributed by atoms with Crippen molar-refractivity contribution in [3.63, 3.8) is 0 Å². The Morgan fingerprint density at radius 1 is 1.17 bits per heavy atom. The first-order chi connectivity index (χ1) is 8.67. The molecule has 0 bridgehead atoms. The molecule has 2 rings (SSSR count). The largest absolute Gasteiger partial charge is 0.493 e. The summed E-state index contributed by atoms with van der Waals surface area (Å²) < 4.78 is 11.1. The lowest BCUT2D eigenvalue weighted by molar-refractivity contribution is 0.104. The molecule has 94 valence electrons. The molecule has 0 saturated heterocycles. The van der Waals surface area contributed by atoms with Crippen LogP contribution in [0.3, 0.4) is 0 Å². The summed E-state index contributed by atoms with van der Waals surface area (Å²) in [5.41, 5.74) is 0.579. The molecule has 0 aliphatic heterocycles. The van der Waals surface area contributed by atoms with Gasteiger partial charge in [-0.05, 0) is 45.6 Å². The molecule has 5 heteroatoms. The van der Waals surface area contributed by atoms with E-state index in [0.717, 1.165) is 4.47 Å². The van der Waals surface area contributed by atoms with Crippen molar-refractivity contribution in [2.45, 2.75) is 0 Å². The second-order valence-corrected chi connectivity index (χ2v) is 5.27. The van der Waals surface area contributed by atoms with E-state index in [-0.39, 0.29) is 5.78 Å². The Balaban J connectivity index is 2.40. The number of thiophene rings is 1. The van der Waals surface area contributed by atoms with Gasteiger partial charge in [-0.15, -0.1) is 11.3 Å². The van der Waals surface area contributed by atoms with Crippen molar-refractivity contribution in [2.24, 2.45) is 0 Å². The quantitative estimate of drug-likeness (QED) is 0.802. The SMILES string of the molecule is COc1ccc(C(=O)c2sccc2Br)cc1OC. The van der Waals surface area contributed by atoms with Crippen LogP contribution in [0.15, 0.2) is 34.1 Å². The first kappa shape index (κ1) is 13.1. The van der Waals surface area contributed by atoms with Gasteiger partial charge in [0.1, 0.15) is 0 Å². The van der Waals surface area contributed by atoms with Crippen molar-refractivity contribution in [2.75, 3.05) is 14.2 Å². The van der Waals surface area contributed by atoms with Crippen molar-refractivity contribution in [3.05, 3.63) is 44.6 Å². The number of carbonyl (C=O) groups excluding carboxylic acids is 1. The van der Waals surface area contributed by atoms with Crippen LogP contribution in [-0.2, 0) is 0 Å². The number of ketones is 1. The van der Waals surface area contributed by atoms with E-state index in [2.05, 4.69) is 15.9 Å². The van der Waals surface area contributed by atoms with Crippen molar-refractivity contribution in [3.8, 4) is 11.5 Å². The first-order valence-corrected chi connectivity index (χ1v) is 6.84. The van der Waals surface area contributed by atoms with Gasteiger partial charge in [0, 0.05) is 10.0 Å². The van der Waals surface area contributed by atoms with E-state index in [1.165, 1.54) is 11.3 Å². The molecule has 1 aromatic carbocycles. The number of benzene rings is 1. The van der Waals surface area contributed by atoms with Gasteiger partial charge < -0.3 is 9.47 Å². The number of methoxy groups -OCH3 is 2. The number of halogens is 1. The smallest absolute Gasteiger partial charge is 0.204 e. The molecule has 2 aromatic rings. The minimum absolute atomic E-state index is 0.0298. The molecule has 0 saturated carbocycles. The van der Waals surface area contributed by atoms with Crippen LogP contribution in [-0.4, -0.2) is 20.0 Å². The van der Waals surface area contributed by atoms with Crippen LogP contribution in [0.25, 0.3) is 0 Å². The van der Waals surface area contributed by atoms with Crippen LogP contribution in [0.1, 0.15) is 15.2 Å². The third-order valence-corrected chi connectivity index (χ3v) is 4.31. The van der Waals surface area contributed by atoms with Gasteiger partial charge in [-0.25, -0.2) is 0 Å². The predicted octanol–water partition coefficient (Wildman–Crippen LogP) is 3.76. The molecule has 0 amide bonds. The standard InChI is InChI=1S/C13H11BrO3S/c1-16-10-4-3-8(7-11(10)17-2)12(15)13-9(14)5-6-18-13/h3-7H,1-2H3. The zero-order valence-electron chi connectivity index (χ0n) is 9.90. The maximum Gasteiger partial charge on any atom is 0.204 e. The third kappa shape index (κ3) is 2.42. The molecular formula is C13H11BrO3S. The van der Waals surface area contributed by atoms with Crippen molar-refractivity contribution < 1.29 is 14.3 Å². The molecule has 0 radical (unpaired) electrons. The molecule has 0 aliphatic rings. The molecule has 0 atom stereocenters. The Morgan fingerprint density at radius 3 is 2.44 bits per heavy atom. The van der Waals surface area contributed by atoms with Gasteiger partial charge in [0.05, 0.1) is 19.1 Å². The van der Waals surface area contributed by atoms with Gasteiger partial charge >= 0.3 is 0 Å². The van der Waals surface area contributed by atoms with E-state index in [9.17, 15) is 4.79 Å². The highest BCUT2D eigenvalue weighted by atomic mass is 79.9. The van der Waals surface area contributed by atoms with E-state index in [0.29, 0.717) is 21.9 Å². The van der Waals surface area contributed by atoms with Gasteiger partial charge in [-0.3, -0.25) is 4.79 Å². The topological polar surface area (TPSA) is 35.5 Å². The molecular weight excluding hydrogens is 316 g/mol. The summed E-state index contributed by atoms with van der Waals surface area (Å²) in [5.74, 6) is 1.13. The Labute approximate surface area is 117 Å². The predicted molar refractivity (Wildman–Crippen MR) is 75.0 cm³/mol. The molecule has 0 spiro atoms. The van der Waals surface area contributed by atoms with Gasteiger partial charge in [0.25, 0.3) is 0 Å². The molecule has 3 nitrogen and oxygen atoms in total. The number of carbonyl (C=O) groups is 1. The number of rotatable bonds is 4. The van der Waals surface area contributed by atoms with E-state index in [4.69, 9.17) is 9.47 Å². The highest BCUT2D eigenvalue weighted by molar-refractivity contribution is 9.10. The fraction of sp³-hybridized carbons (Fsp3) is 0.154. The fourth-order valence-electron chi connectivity index (χ4n) is 1.56. The monoisotopic (exact) mass is 326 g/mol. The third-order valence-electron chi connectivity index (χ3n) is 2.47. The highest BCUT2D eigenvalue weighted by Crippen LogP contribution is 2.31. The Hall–Kier alpha value is -1.33. The van der Waals surface area contributed by atoms with Crippen molar-refractivity contribution >= 4 is 33.0 Å². The van der Waals surface area contributed by atoms with Crippen molar-refractivity contribution in [1.29, 1.82) is 0 Å². The minimum atomic E-state index is -0.0298. The lowest BCUT2D eigenvalue weighted by Gasteiger charge is -2.08. The van der Waals surface area contributed by atoms with E-state index in [1.807, 2.05) is 11.4 Å². The molecule has 1 aromatic heterocycles. The number of hydrogen-bond donors (Lipinski definition) is 0. The Morgan fingerprint density at radius 2 is 1.89 bits per heavy atom. The zero-order valence-corrected chi connectivity index (χ0v) is 12.3. The summed E-state index contributed by atoms with van der Waals surface area (Å²) in [5, 5.41) is 1.87. The average Bonchev–Trinajstić information content (AvgIpc) is 2.83. The van der Waals surface area contributed by atoms with Crippen LogP contribution in [0.5, 0.6) is 11.5 Å². The summed E-state index contributed by atoms with van der Waals surface area (Å²) >= 11 is 4.77. The lowest BCUT2D eigenvalue weighted by atomic mass is 10.1. The Bertz CT molecular complexity index is 577. The average molecular weight is 327 g/mol. The van der Waals surface area contributed by atoms with E-state index < -0.39 is 0 Å². The maximum absolute atomic E-state index is 12.3. The summed E-state index contributed by atoms with van der Waals surface area (Å²) in [4.78, 5) is 13.0. The van der Waals surface area contributed by atoms with Crippen molar-refractivity contribution in [1.82, 2.24) is 0 Å². The van der Waals surface area contributed by atoms with Gasteiger partial charge in [0.15, 0.2) is 11.5 Å². The molecule has 0 fully saturated rings. The molecule has 0 unspecified atom stereocenters. The van der Waals surface area contributed by atoms with E-state index >= 15 is 0 Å². The summed E-state index contributed by atoms with van der Waals surface area (Å²) in [6.07, 6.45) is 0. The number of ether oxygens (including phenoxy) is 2. The summed E-state index contributed by atoms with van der Waals surface area (Å²) in [6.45, 7) is 0. The van der Waals surface area contributed by atoms with Crippen LogP contribution in [0, 0.1) is 0 Å². The summed E-state index contributed by atoms with van der Waals surface area (Å²) in [6, 6.07) is 7.01. The van der Waals surface area contributed by atoms with Crippen LogP contribution < -0.4 is 9.47 Å². The maximum atomic E-state index is 12.3. The van der Waals surface area contributed by atoms with Crippen LogP contribution in [0.2, 0.25) is 0 Å². The fourth-order valence-corrected chi connectivity index (χ4v) is 3.08. The minimum Gasteiger partial charge on any atom is -0.493 e. The second kappa shape index (κ2) is 5.54. The van der Waals surface area contributed by atoms with Gasteiger partial charge in [-0.2, -0.15) is 0 Å². The van der Waals surface area contributed by atoms with E-state index in [1.54, 1.807) is 32.4 Å². The number of hydrogen-bond acceptors (Lipinski definition) is 4. The zero-order chi connectivity index (χ0) is 13.1. The summed E-state index contributed by atoms with van der Waals surface area (Å²) in [7, 11) is 3.11. The van der Waals surface area contributed by atoms with Crippen LogP contribution in [0.4, 0.5) is 0 Å². The lowest BCUT2D eigenvalue weighted by Crippen LogP contribution is -2.01.